The summed E-state index contributed by atoms with van der Waals surface area (Å²) in [7, 11) is 0. The molecule has 1 aliphatic rings. The monoisotopic (exact) mass is 330 g/mol. The van der Waals surface area contributed by atoms with Crippen LogP contribution >= 0.6 is 11.6 Å². The van der Waals surface area contributed by atoms with E-state index in [4.69, 9.17) is 11.6 Å². The molecule has 0 atom stereocenters. The predicted octanol–water partition coefficient (Wildman–Crippen LogP) is 6.03. The molecular formula is C21H27ClO. The van der Waals surface area contributed by atoms with Gasteiger partial charge in [0.25, 0.3) is 0 Å². The SMILES string of the molecule is CC(C)(C)C1=CC(Cc2ccc(Cl)cc2)C=C(C(C)(C)C)C1=O. The van der Waals surface area contributed by atoms with Gasteiger partial charge in [0.15, 0.2) is 5.78 Å². The van der Waals surface area contributed by atoms with Crippen molar-refractivity contribution in [3.8, 4) is 0 Å². The fourth-order valence-electron chi connectivity index (χ4n) is 2.96. The average Bonchev–Trinajstić information content (AvgIpc) is 2.40. The van der Waals surface area contributed by atoms with Crippen LogP contribution in [0.4, 0.5) is 0 Å². The Morgan fingerprint density at radius 3 is 1.70 bits per heavy atom. The Hall–Kier alpha value is -1.34. The summed E-state index contributed by atoms with van der Waals surface area (Å²) >= 11 is 5.97. The molecule has 1 aromatic carbocycles. The van der Waals surface area contributed by atoms with Crippen LogP contribution in [-0.2, 0) is 11.2 Å². The van der Waals surface area contributed by atoms with Gasteiger partial charge in [-0.1, -0.05) is 77.4 Å². The molecule has 1 aromatic rings. The van der Waals surface area contributed by atoms with Gasteiger partial charge in [0, 0.05) is 22.1 Å². The van der Waals surface area contributed by atoms with Gasteiger partial charge in [-0.2, -0.15) is 0 Å². The molecule has 23 heavy (non-hydrogen) atoms. The molecule has 2 rings (SSSR count). The zero-order chi connectivity index (χ0) is 17.4. The highest BCUT2D eigenvalue weighted by molar-refractivity contribution is 6.30. The lowest BCUT2D eigenvalue weighted by Gasteiger charge is -2.33. The molecule has 0 saturated carbocycles. The number of rotatable bonds is 2. The summed E-state index contributed by atoms with van der Waals surface area (Å²) in [6, 6.07) is 7.98. The molecule has 0 N–H and O–H groups in total. The molecule has 0 amide bonds. The highest BCUT2D eigenvalue weighted by Gasteiger charge is 2.35. The summed E-state index contributed by atoms with van der Waals surface area (Å²) < 4.78 is 0. The summed E-state index contributed by atoms with van der Waals surface area (Å²) in [5.41, 5.74) is 2.83. The molecule has 1 aliphatic carbocycles. The number of hydrogen-bond donors (Lipinski definition) is 0. The third-order valence-electron chi connectivity index (χ3n) is 4.25. The standard InChI is InChI=1S/C21H27ClO/c1-20(2,3)17-12-15(11-14-7-9-16(22)10-8-14)13-18(19(17)23)21(4,5)6/h7-10,12-13,15H,11H2,1-6H3. The second-order valence-corrected chi connectivity index (χ2v) is 8.92. The van der Waals surface area contributed by atoms with Crippen LogP contribution in [-0.4, -0.2) is 5.78 Å². The van der Waals surface area contributed by atoms with E-state index in [0.717, 1.165) is 22.6 Å². The quantitative estimate of drug-likeness (QED) is 0.647. The van der Waals surface area contributed by atoms with Gasteiger partial charge >= 0.3 is 0 Å². The summed E-state index contributed by atoms with van der Waals surface area (Å²) in [6.07, 6.45) is 5.21. The number of carbonyl (C=O) groups excluding carboxylic acids is 1. The van der Waals surface area contributed by atoms with E-state index >= 15 is 0 Å². The summed E-state index contributed by atoms with van der Waals surface area (Å²) in [4.78, 5) is 12.9. The van der Waals surface area contributed by atoms with Crippen molar-refractivity contribution in [3.05, 3.63) is 58.1 Å². The molecule has 0 unspecified atom stereocenters. The van der Waals surface area contributed by atoms with Gasteiger partial charge in [0.1, 0.15) is 0 Å². The molecular weight excluding hydrogens is 304 g/mol. The van der Waals surface area contributed by atoms with E-state index in [9.17, 15) is 4.79 Å². The Morgan fingerprint density at radius 2 is 1.30 bits per heavy atom. The third-order valence-corrected chi connectivity index (χ3v) is 4.50. The van der Waals surface area contributed by atoms with Crippen LogP contribution in [0.15, 0.2) is 47.6 Å². The first-order valence-electron chi connectivity index (χ1n) is 8.22. The van der Waals surface area contributed by atoms with Crippen LogP contribution in [0.25, 0.3) is 0 Å². The second kappa shape index (κ2) is 6.28. The predicted molar refractivity (Wildman–Crippen MR) is 98.7 cm³/mol. The lowest BCUT2D eigenvalue weighted by Crippen LogP contribution is -2.29. The topological polar surface area (TPSA) is 17.1 Å². The maximum Gasteiger partial charge on any atom is 0.185 e. The van der Waals surface area contributed by atoms with Gasteiger partial charge < -0.3 is 0 Å². The maximum absolute atomic E-state index is 12.9. The smallest absolute Gasteiger partial charge is 0.185 e. The van der Waals surface area contributed by atoms with Crippen LogP contribution in [0, 0.1) is 16.7 Å². The van der Waals surface area contributed by atoms with E-state index in [2.05, 4.69) is 65.8 Å². The summed E-state index contributed by atoms with van der Waals surface area (Å²) in [5, 5.41) is 0.754. The first-order chi connectivity index (χ1) is 10.5. The molecule has 0 saturated heterocycles. The Kier molecular flexibility index (Phi) is 4.92. The van der Waals surface area contributed by atoms with Crippen molar-refractivity contribution in [2.45, 2.75) is 48.0 Å². The van der Waals surface area contributed by atoms with Crippen molar-refractivity contribution in [1.82, 2.24) is 0 Å². The van der Waals surface area contributed by atoms with Crippen molar-refractivity contribution >= 4 is 17.4 Å². The molecule has 2 heteroatoms. The van der Waals surface area contributed by atoms with E-state index in [1.54, 1.807) is 0 Å². The van der Waals surface area contributed by atoms with Crippen molar-refractivity contribution in [2.75, 3.05) is 0 Å². The van der Waals surface area contributed by atoms with Gasteiger partial charge in [-0.15, -0.1) is 0 Å². The molecule has 0 radical (unpaired) electrons. The van der Waals surface area contributed by atoms with Gasteiger partial charge in [0.05, 0.1) is 0 Å². The van der Waals surface area contributed by atoms with E-state index < -0.39 is 0 Å². The number of benzene rings is 1. The molecule has 0 fully saturated rings. The molecule has 0 spiro atoms. The molecule has 1 nitrogen and oxygen atoms in total. The Balaban J connectivity index is 2.39. The maximum atomic E-state index is 12.9. The van der Waals surface area contributed by atoms with Crippen molar-refractivity contribution < 1.29 is 4.79 Å². The lowest BCUT2D eigenvalue weighted by atomic mass is 9.70. The third kappa shape index (κ3) is 4.35. The number of halogens is 1. The van der Waals surface area contributed by atoms with Crippen LogP contribution in [0.5, 0.6) is 0 Å². The minimum absolute atomic E-state index is 0.139. The molecule has 124 valence electrons. The highest BCUT2D eigenvalue weighted by atomic mass is 35.5. The Morgan fingerprint density at radius 1 is 0.870 bits per heavy atom. The Bertz CT molecular complexity index is 615. The van der Waals surface area contributed by atoms with Gasteiger partial charge in [-0.25, -0.2) is 0 Å². The van der Waals surface area contributed by atoms with Crippen LogP contribution < -0.4 is 0 Å². The first kappa shape index (κ1) is 18.0. The minimum atomic E-state index is -0.139. The minimum Gasteiger partial charge on any atom is -0.289 e. The first-order valence-corrected chi connectivity index (χ1v) is 8.60. The van der Waals surface area contributed by atoms with Gasteiger partial charge in [-0.3, -0.25) is 4.79 Å². The summed E-state index contributed by atoms with van der Waals surface area (Å²) in [6.45, 7) is 12.7. The zero-order valence-corrected chi connectivity index (χ0v) is 15.8. The van der Waals surface area contributed by atoms with Gasteiger partial charge in [0.2, 0.25) is 0 Å². The number of Topliss-reactive ketones (excluding diaryl/α,β-unsaturated/α-hetero) is 1. The largest absolute Gasteiger partial charge is 0.289 e. The summed E-state index contributed by atoms with van der Waals surface area (Å²) in [5.74, 6) is 0.453. The number of hydrogen-bond acceptors (Lipinski definition) is 1. The molecule has 0 aliphatic heterocycles. The Labute approximate surface area is 145 Å². The van der Waals surface area contributed by atoms with Crippen molar-refractivity contribution in [1.29, 1.82) is 0 Å². The van der Waals surface area contributed by atoms with E-state index in [1.807, 2.05) is 12.1 Å². The van der Waals surface area contributed by atoms with Crippen LogP contribution in [0.1, 0.15) is 47.1 Å². The fourth-order valence-corrected chi connectivity index (χ4v) is 3.09. The number of ketones is 1. The number of allylic oxidation sites excluding steroid dienone is 4. The fraction of sp³-hybridized carbons (Fsp3) is 0.476. The van der Waals surface area contributed by atoms with Crippen molar-refractivity contribution in [3.63, 3.8) is 0 Å². The van der Waals surface area contributed by atoms with Gasteiger partial charge in [-0.05, 0) is 34.9 Å². The van der Waals surface area contributed by atoms with E-state index in [-0.39, 0.29) is 22.5 Å². The lowest BCUT2D eigenvalue weighted by molar-refractivity contribution is -0.114. The zero-order valence-electron chi connectivity index (χ0n) is 15.0. The second-order valence-electron chi connectivity index (χ2n) is 8.48. The van der Waals surface area contributed by atoms with Crippen LogP contribution in [0.3, 0.4) is 0 Å². The van der Waals surface area contributed by atoms with E-state index in [0.29, 0.717) is 0 Å². The van der Waals surface area contributed by atoms with Crippen molar-refractivity contribution in [2.24, 2.45) is 16.7 Å². The van der Waals surface area contributed by atoms with E-state index in [1.165, 1.54) is 5.56 Å². The molecule has 0 bridgehead atoms. The number of carbonyl (C=O) groups is 1. The highest BCUT2D eigenvalue weighted by Crippen LogP contribution is 2.39. The van der Waals surface area contributed by atoms with Crippen LogP contribution in [0.2, 0.25) is 5.02 Å². The normalized spacial score (nSPS) is 17.1. The molecule has 0 aromatic heterocycles. The average molecular weight is 331 g/mol. The molecule has 0 heterocycles.